The van der Waals surface area contributed by atoms with Crippen LogP contribution < -0.4 is 10.3 Å². The smallest absolute Gasteiger partial charge is 0.272 e. The van der Waals surface area contributed by atoms with E-state index >= 15 is 0 Å². The summed E-state index contributed by atoms with van der Waals surface area (Å²) in [6.07, 6.45) is 0. The summed E-state index contributed by atoms with van der Waals surface area (Å²) >= 11 is 6.02. The van der Waals surface area contributed by atoms with E-state index in [1.165, 1.54) is 11.7 Å². The van der Waals surface area contributed by atoms with Gasteiger partial charge in [0.1, 0.15) is 5.75 Å². The van der Waals surface area contributed by atoms with Gasteiger partial charge in [-0.3, -0.25) is 4.79 Å². The molecule has 0 bridgehead atoms. The third-order valence-electron chi connectivity index (χ3n) is 3.16. The summed E-state index contributed by atoms with van der Waals surface area (Å²) in [5, 5.41) is 14.9. The second kappa shape index (κ2) is 5.50. The maximum Gasteiger partial charge on any atom is 0.272 e. The van der Waals surface area contributed by atoms with Crippen molar-refractivity contribution in [2.24, 2.45) is 7.05 Å². The van der Waals surface area contributed by atoms with Gasteiger partial charge >= 0.3 is 0 Å². The Morgan fingerprint density at radius 3 is 2.57 bits per heavy atom. The number of benzene rings is 1. The first kappa shape index (κ1) is 15.5. The number of nitrogens with zero attached hydrogens (tertiary/aromatic N) is 2. The van der Waals surface area contributed by atoms with Crippen molar-refractivity contribution < 1.29 is 9.84 Å². The molecule has 0 saturated carbocycles. The highest BCUT2D eigenvalue weighted by Gasteiger charge is 2.23. The van der Waals surface area contributed by atoms with E-state index in [4.69, 9.17) is 16.3 Å². The molecule has 2 aromatic rings. The minimum absolute atomic E-state index is 0.261. The van der Waals surface area contributed by atoms with E-state index in [-0.39, 0.29) is 11.1 Å². The lowest BCUT2D eigenvalue weighted by Gasteiger charge is -2.19. The summed E-state index contributed by atoms with van der Waals surface area (Å²) in [6.45, 7) is 3.12. The van der Waals surface area contributed by atoms with Crippen LogP contribution in [0, 0.1) is 0 Å². The molecule has 0 aliphatic carbocycles. The summed E-state index contributed by atoms with van der Waals surface area (Å²) in [5.41, 5.74) is -0.179. The number of aliphatic hydroxyl groups is 1. The first-order chi connectivity index (χ1) is 9.74. The maximum absolute atomic E-state index is 12.1. The van der Waals surface area contributed by atoms with Crippen molar-refractivity contribution in [3.8, 4) is 17.0 Å². The first-order valence-electron chi connectivity index (χ1n) is 6.39. The van der Waals surface area contributed by atoms with Gasteiger partial charge in [0, 0.05) is 17.6 Å². The number of ether oxygens (including phenoxy) is 1. The fraction of sp³-hybridized carbons (Fsp3) is 0.333. The van der Waals surface area contributed by atoms with Crippen molar-refractivity contribution in [1.29, 1.82) is 0 Å². The lowest BCUT2D eigenvalue weighted by Crippen LogP contribution is -2.32. The molecule has 1 heterocycles. The zero-order valence-corrected chi connectivity index (χ0v) is 13.1. The molecule has 0 fully saturated rings. The largest absolute Gasteiger partial charge is 0.496 e. The van der Waals surface area contributed by atoms with Gasteiger partial charge < -0.3 is 9.84 Å². The average Bonchev–Trinajstić information content (AvgIpc) is 2.40. The molecule has 5 nitrogen and oxygen atoms in total. The zero-order chi connectivity index (χ0) is 15.8. The van der Waals surface area contributed by atoms with Crippen molar-refractivity contribution in [3.05, 3.63) is 45.2 Å². The van der Waals surface area contributed by atoms with Gasteiger partial charge in [-0.15, -0.1) is 0 Å². The Morgan fingerprint density at radius 2 is 2.00 bits per heavy atom. The minimum atomic E-state index is -1.27. The fourth-order valence-corrected chi connectivity index (χ4v) is 2.23. The van der Waals surface area contributed by atoms with Gasteiger partial charge in [-0.05, 0) is 38.1 Å². The number of hydrogen-bond acceptors (Lipinski definition) is 4. The van der Waals surface area contributed by atoms with Crippen molar-refractivity contribution in [2.45, 2.75) is 19.4 Å². The molecule has 1 N–H and O–H groups in total. The Bertz CT molecular complexity index is 733. The van der Waals surface area contributed by atoms with Crippen LogP contribution in [0.15, 0.2) is 29.1 Å². The molecule has 0 spiro atoms. The Morgan fingerprint density at radius 1 is 1.33 bits per heavy atom. The van der Waals surface area contributed by atoms with Gasteiger partial charge in [0.25, 0.3) is 5.56 Å². The average molecular weight is 309 g/mol. The van der Waals surface area contributed by atoms with E-state index in [1.54, 1.807) is 45.2 Å². The highest BCUT2D eigenvalue weighted by Crippen LogP contribution is 2.32. The predicted octanol–water partition coefficient (Wildman–Crippen LogP) is 2.34. The second-order valence-electron chi connectivity index (χ2n) is 5.28. The van der Waals surface area contributed by atoms with Crippen LogP contribution >= 0.6 is 11.6 Å². The van der Waals surface area contributed by atoms with Crippen molar-refractivity contribution in [1.82, 2.24) is 9.78 Å². The number of aryl methyl sites for hydroxylation is 1. The normalized spacial score (nSPS) is 11.5. The van der Waals surface area contributed by atoms with Gasteiger partial charge in [-0.25, -0.2) is 4.68 Å². The quantitative estimate of drug-likeness (QED) is 0.945. The monoisotopic (exact) mass is 308 g/mol. The van der Waals surface area contributed by atoms with Crippen LogP contribution in [0.4, 0.5) is 0 Å². The molecule has 0 atom stereocenters. The zero-order valence-electron chi connectivity index (χ0n) is 12.3. The molecule has 0 unspecified atom stereocenters. The maximum atomic E-state index is 12.1. The lowest BCUT2D eigenvalue weighted by molar-refractivity contribution is 0.0763. The SMILES string of the molecule is COc1ccc(Cl)cc1-c1cc(C(C)(C)O)c(=O)n(C)n1. The summed E-state index contributed by atoms with van der Waals surface area (Å²) in [4.78, 5) is 12.1. The molecule has 112 valence electrons. The lowest BCUT2D eigenvalue weighted by atomic mass is 9.98. The molecule has 0 aliphatic heterocycles. The molecule has 2 rings (SSSR count). The van der Waals surface area contributed by atoms with Gasteiger partial charge in [0.15, 0.2) is 0 Å². The van der Waals surface area contributed by atoms with Crippen LogP contribution in [0.25, 0.3) is 11.3 Å². The molecule has 0 radical (unpaired) electrons. The van der Waals surface area contributed by atoms with Gasteiger partial charge in [0.2, 0.25) is 0 Å². The van der Waals surface area contributed by atoms with Crippen LogP contribution in [-0.2, 0) is 12.6 Å². The molecule has 0 saturated heterocycles. The molecule has 0 amide bonds. The van der Waals surface area contributed by atoms with E-state index in [1.807, 2.05) is 0 Å². The highest BCUT2D eigenvalue weighted by molar-refractivity contribution is 6.30. The Labute approximate surface area is 127 Å². The van der Waals surface area contributed by atoms with Crippen molar-refractivity contribution >= 4 is 11.6 Å². The topological polar surface area (TPSA) is 64.3 Å². The van der Waals surface area contributed by atoms with Gasteiger partial charge in [-0.2, -0.15) is 5.10 Å². The van der Waals surface area contributed by atoms with Crippen molar-refractivity contribution in [2.75, 3.05) is 7.11 Å². The summed E-state index contributed by atoms with van der Waals surface area (Å²) < 4.78 is 6.50. The van der Waals surface area contributed by atoms with E-state index in [2.05, 4.69) is 5.10 Å². The van der Waals surface area contributed by atoms with Gasteiger partial charge in [-0.1, -0.05) is 11.6 Å². The van der Waals surface area contributed by atoms with E-state index in [9.17, 15) is 9.90 Å². The number of aromatic nitrogens is 2. The van der Waals surface area contributed by atoms with Crippen LogP contribution in [-0.4, -0.2) is 22.0 Å². The first-order valence-corrected chi connectivity index (χ1v) is 6.77. The third-order valence-corrected chi connectivity index (χ3v) is 3.39. The van der Waals surface area contributed by atoms with Crippen LogP contribution in [0.5, 0.6) is 5.75 Å². The van der Waals surface area contributed by atoms with Gasteiger partial charge in [0.05, 0.1) is 24.0 Å². The van der Waals surface area contributed by atoms with E-state index in [0.29, 0.717) is 22.0 Å². The summed E-state index contributed by atoms with van der Waals surface area (Å²) in [6, 6.07) is 6.72. The van der Waals surface area contributed by atoms with Crippen LogP contribution in [0.2, 0.25) is 5.02 Å². The fourth-order valence-electron chi connectivity index (χ4n) is 2.06. The van der Waals surface area contributed by atoms with Crippen LogP contribution in [0.1, 0.15) is 19.4 Å². The molecule has 1 aromatic heterocycles. The molecule has 1 aromatic carbocycles. The molecule has 0 aliphatic rings. The standard InChI is InChI=1S/C15H17ClN2O3/c1-15(2,20)11-8-12(17-18(3)14(11)19)10-7-9(16)5-6-13(10)21-4/h5-8,20H,1-4H3. The minimum Gasteiger partial charge on any atom is -0.496 e. The molecule has 6 heteroatoms. The van der Waals surface area contributed by atoms with Crippen LogP contribution in [0.3, 0.4) is 0 Å². The number of methoxy groups -OCH3 is 1. The number of hydrogen-bond donors (Lipinski definition) is 1. The van der Waals surface area contributed by atoms with Crippen molar-refractivity contribution in [3.63, 3.8) is 0 Å². The molecular formula is C15H17ClN2O3. The highest BCUT2D eigenvalue weighted by atomic mass is 35.5. The van der Waals surface area contributed by atoms with E-state index in [0.717, 1.165) is 0 Å². The second-order valence-corrected chi connectivity index (χ2v) is 5.71. The molecule has 21 heavy (non-hydrogen) atoms. The summed E-state index contributed by atoms with van der Waals surface area (Å²) in [5.74, 6) is 0.590. The third kappa shape index (κ3) is 3.09. The Hall–Kier alpha value is -1.85. The Balaban J connectivity index is 2.74. The number of halogens is 1. The predicted molar refractivity (Wildman–Crippen MR) is 81.7 cm³/mol. The Kier molecular flexibility index (Phi) is 4.07. The summed E-state index contributed by atoms with van der Waals surface area (Å²) in [7, 11) is 3.09. The molecular weight excluding hydrogens is 292 g/mol. The number of rotatable bonds is 3. The van der Waals surface area contributed by atoms with E-state index < -0.39 is 5.60 Å².